The Balaban J connectivity index is 1.64. The second-order valence-electron chi connectivity index (χ2n) is 7.12. The smallest absolute Gasteiger partial charge is 0.242 e. The van der Waals surface area contributed by atoms with E-state index < -0.39 is 0 Å². The van der Waals surface area contributed by atoms with Gasteiger partial charge in [0, 0.05) is 47.6 Å². The number of likely N-dealkylation sites (tertiary alicyclic amines) is 1. The van der Waals surface area contributed by atoms with E-state index >= 15 is 0 Å². The van der Waals surface area contributed by atoms with E-state index in [2.05, 4.69) is 28.2 Å². The Morgan fingerprint density at radius 1 is 1.31 bits per heavy atom. The highest BCUT2D eigenvalue weighted by molar-refractivity contribution is 6.35. The van der Waals surface area contributed by atoms with Gasteiger partial charge in [0.15, 0.2) is 0 Å². The number of carbonyl (C=O) groups excluding carboxylic acids is 1. The van der Waals surface area contributed by atoms with Crippen molar-refractivity contribution in [1.82, 2.24) is 20.9 Å². The van der Waals surface area contributed by atoms with Crippen molar-refractivity contribution < 1.29 is 4.79 Å². The molecule has 0 radical (unpaired) electrons. The zero-order valence-electron chi connectivity index (χ0n) is 16.5. The van der Waals surface area contributed by atoms with Crippen molar-refractivity contribution in [3.8, 4) is 0 Å². The second-order valence-corrected chi connectivity index (χ2v) is 8.00. The Bertz CT molecular complexity index is 833. The zero-order valence-corrected chi connectivity index (χ0v) is 18.0. The number of carbonyl (C=O) groups is 1. The quantitative estimate of drug-likeness (QED) is 0.472. The molecule has 2 atom stereocenters. The molecule has 0 bridgehead atoms. The van der Waals surface area contributed by atoms with Gasteiger partial charge in [0.25, 0.3) is 0 Å². The van der Waals surface area contributed by atoms with Gasteiger partial charge in [0.05, 0.1) is 12.1 Å². The van der Waals surface area contributed by atoms with Crippen molar-refractivity contribution in [1.29, 1.82) is 5.41 Å². The van der Waals surface area contributed by atoms with Crippen LogP contribution in [0, 0.1) is 5.41 Å². The number of nitrogens with zero attached hydrogens (tertiary/aromatic N) is 1. The molecule has 0 saturated carbocycles. The van der Waals surface area contributed by atoms with Crippen LogP contribution in [-0.4, -0.2) is 48.9 Å². The van der Waals surface area contributed by atoms with Gasteiger partial charge in [-0.15, -0.1) is 0 Å². The summed E-state index contributed by atoms with van der Waals surface area (Å²) in [6, 6.07) is 5.24. The standard InChI is InChI=1S/C20H26Cl2N6O/c1-12-17(27-20(24-2)16-5-6-25-19(16)23)4-3-7-28(12)18(29)11-26-15-9-13(21)8-14(22)10-15/h5-6,8-10,12,17,24,26-27H,3-4,7,11H2,1-2H3,(H2,23,25)/b20-16+. The Hall–Kier alpha value is -2.38. The van der Waals surface area contributed by atoms with Crippen LogP contribution in [0.15, 0.2) is 41.9 Å². The van der Waals surface area contributed by atoms with Gasteiger partial charge in [0.1, 0.15) is 11.7 Å². The first-order chi connectivity index (χ1) is 13.9. The van der Waals surface area contributed by atoms with Gasteiger partial charge in [-0.25, -0.2) is 0 Å². The lowest BCUT2D eigenvalue weighted by molar-refractivity contribution is -0.133. The Labute approximate surface area is 181 Å². The maximum absolute atomic E-state index is 12.8. The highest BCUT2D eigenvalue weighted by Crippen LogP contribution is 2.23. The van der Waals surface area contributed by atoms with E-state index in [0.29, 0.717) is 15.9 Å². The zero-order chi connectivity index (χ0) is 21.0. The molecule has 2 unspecified atom stereocenters. The Morgan fingerprint density at radius 2 is 2.03 bits per heavy atom. The average molecular weight is 437 g/mol. The molecule has 5 N–H and O–H groups in total. The third-order valence-electron chi connectivity index (χ3n) is 5.21. The summed E-state index contributed by atoms with van der Waals surface area (Å²) in [4.78, 5) is 14.7. The molecule has 3 rings (SSSR count). The summed E-state index contributed by atoms with van der Waals surface area (Å²) in [5.41, 5.74) is 1.50. The number of halogens is 2. The van der Waals surface area contributed by atoms with Gasteiger partial charge in [-0.1, -0.05) is 23.2 Å². The van der Waals surface area contributed by atoms with Crippen molar-refractivity contribution in [2.24, 2.45) is 0 Å². The van der Waals surface area contributed by atoms with Gasteiger partial charge in [-0.05, 0) is 44.0 Å². The van der Waals surface area contributed by atoms with Crippen molar-refractivity contribution in [2.45, 2.75) is 31.8 Å². The predicted molar refractivity (Wildman–Crippen MR) is 118 cm³/mol. The van der Waals surface area contributed by atoms with Crippen LogP contribution in [0.4, 0.5) is 5.69 Å². The molecule has 156 valence electrons. The molecule has 2 aliphatic rings. The normalized spacial score (nSPS) is 22.9. The fourth-order valence-electron chi connectivity index (χ4n) is 3.67. The van der Waals surface area contributed by atoms with E-state index in [0.717, 1.165) is 36.5 Å². The lowest BCUT2D eigenvalue weighted by atomic mass is 9.97. The van der Waals surface area contributed by atoms with E-state index in [4.69, 9.17) is 28.6 Å². The molecule has 0 aromatic heterocycles. The Kier molecular flexibility index (Phi) is 6.92. The van der Waals surface area contributed by atoms with Crippen molar-refractivity contribution in [2.75, 3.05) is 25.5 Å². The number of rotatable bonds is 6. The van der Waals surface area contributed by atoms with Gasteiger partial charge in [-0.2, -0.15) is 0 Å². The van der Waals surface area contributed by atoms with E-state index in [1.807, 2.05) is 18.0 Å². The third kappa shape index (κ3) is 5.16. The first-order valence-electron chi connectivity index (χ1n) is 9.59. The van der Waals surface area contributed by atoms with Gasteiger partial charge < -0.3 is 26.2 Å². The summed E-state index contributed by atoms with van der Waals surface area (Å²) in [5.74, 6) is 1.16. The van der Waals surface area contributed by atoms with E-state index in [1.54, 1.807) is 24.4 Å². The molecular weight excluding hydrogens is 411 g/mol. The molecule has 7 nitrogen and oxygen atoms in total. The van der Waals surface area contributed by atoms with Gasteiger partial charge in [-0.3, -0.25) is 10.2 Å². The van der Waals surface area contributed by atoms with Crippen LogP contribution in [-0.2, 0) is 4.79 Å². The third-order valence-corrected chi connectivity index (χ3v) is 5.65. The molecule has 2 heterocycles. The van der Waals surface area contributed by atoms with Crippen molar-refractivity contribution in [3.63, 3.8) is 0 Å². The molecule has 1 saturated heterocycles. The van der Waals surface area contributed by atoms with Gasteiger partial charge in [0.2, 0.25) is 5.91 Å². The molecule has 1 amide bonds. The number of hydrogen-bond acceptors (Lipinski definition) is 5. The van der Waals surface area contributed by atoms with Crippen LogP contribution in [0.1, 0.15) is 19.8 Å². The number of benzene rings is 1. The number of piperidine rings is 1. The highest BCUT2D eigenvalue weighted by Gasteiger charge is 2.31. The maximum atomic E-state index is 12.8. The largest absolute Gasteiger partial charge is 0.376 e. The molecule has 0 aliphatic carbocycles. The minimum atomic E-state index is 0.0116. The van der Waals surface area contributed by atoms with E-state index in [-0.39, 0.29) is 24.5 Å². The molecule has 1 aromatic rings. The van der Waals surface area contributed by atoms with Crippen LogP contribution in [0.3, 0.4) is 0 Å². The molecule has 1 fully saturated rings. The summed E-state index contributed by atoms with van der Waals surface area (Å²) < 4.78 is 0. The summed E-state index contributed by atoms with van der Waals surface area (Å²) in [5, 5.41) is 21.6. The fourth-order valence-corrected chi connectivity index (χ4v) is 4.20. The van der Waals surface area contributed by atoms with Gasteiger partial charge >= 0.3 is 0 Å². The summed E-state index contributed by atoms with van der Waals surface area (Å²) in [6.45, 7) is 2.95. The Morgan fingerprint density at radius 3 is 2.66 bits per heavy atom. The second kappa shape index (κ2) is 9.41. The van der Waals surface area contributed by atoms with Crippen LogP contribution in [0.5, 0.6) is 0 Å². The summed E-state index contributed by atoms with van der Waals surface area (Å²) in [7, 11) is 1.82. The van der Waals surface area contributed by atoms with Crippen LogP contribution >= 0.6 is 23.2 Å². The lowest BCUT2D eigenvalue weighted by Crippen LogP contribution is -2.56. The number of amides is 1. The SMILES string of the molecule is CN/C(NC1CCCN(C(=O)CNc2cc(Cl)cc(Cl)c2)C1C)=C1/C=CNC1=N. The molecule has 1 aromatic carbocycles. The number of hydrogen-bond donors (Lipinski definition) is 5. The lowest BCUT2D eigenvalue weighted by Gasteiger charge is -2.40. The number of nitrogens with one attached hydrogen (secondary N) is 5. The predicted octanol–water partition coefficient (Wildman–Crippen LogP) is 2.90. The number of amidine groups is 1. The molecule has 9 heteroatoms. The molecule has 2 aliphatic heterocycles. The van der Waals surface area contributed by atoms with Crippen LogP contribution < -0.4 is 21.3 Å². The summed E-state index contributed by atoms with van der Waals surface area (Å²) in [6.07, 6.45) is 5.46. The molecular formula is C20H26Cl2N6O. The first-order valence-corrected chi connectivity index (χ1v) is 10.3. The minimum absolute atomic E-state index is 0.0116. The van der Waals surface area contributed by atoms with E-state index in [9.17, 15) is 4.79 Å². The monoisotopic (exact) mass is 436 g/mol. The first kappa shape index (κ1) is 21.3. The number of anilines is 1. The van der Waals surface area contributed by atoms with Crippen molar-refractivity contribution in [3.05, 3.63) is 51.9 Å². The maximum Gasteiger partial charge on any atom is 0.242 e. The van der Waals surface area contributed by atoms with Crippen LogP contribution in [0.2, 0.25) is 10.0 Å². The highest BCUT2D eigenvalue weighted by atomic mass is 35.5. The average Bonchev–Trinajstić information content (AvgIpc) is 3.10. The van der Waals surface area contributed by atoms with E-state index in [1.165, 1.54) is 0 Å². The fraction of sp³-hybridized carbons (Fsp3) is 0.400. The minimum Gasteiger partial charge on any atom is -0.376 e. The molecule has 29 heavy (non-hydrogen) atoms. The van der Waals surface area contributed by atoms with Crippen molar-refractivity contribution >= 4 is 40.6 Å². The van der Waals surface area contributed by atoms with Crippen LogP contribution in [0.25, 0.3) is 0 Å². The summed E-state index contributed by atoms with van der Waals surface area (Å²) >= 11 is 12.0. The topological polar surface area (TPSA) is 92.3 Å². The molecule has 0 spiro atoms.